The minimum absolute atomic E-state index is 0.408. The van der Waals surface area contributed by atoms with E-state index in [0.717, 1.165) is 22.4 Å². The van der Waals surface area contributed by atoms with Gasteiger partial charge in [0.25, 0.3) is 0 Å². The minimum Gasteiger partial charge on any atom is -0.358 e. The number of benzene rings is 1. The van der Waals surface area contributed by atoms with Crippen molar-refractivity contribution < 1.29 is 4.74 Å². The maximum Gasteiger partial charge on any atom is 0.139 e. The van der Waals surface area contributed by atoms with Crippen LogP contribution in [-0.4, -0.2) is 45.5 Å². The normalized spacial score (nSPS) is 13.0. The fourth-order valence-electron chi connectivity index (χ4n) is 2.92. The fourth-order valence-corrected chi connectivity index (χ4v) is 3.90. The van der Waals surface area contributed by atoms with Crippen LogP contribution in [0.4, 0.5) is 0 Å². The third kappa shape index (κ3) is 4.53. The Hall–Kier alpha value is -1.24. The van der Waals surface area contributed by atoms with E-state index in [1.54, 1.807) is 0 Å². The number of aromatic nitrogens is 3. The Labute approximate surface area is 166 Å². The minimum atomic E-state index is -0.512. The molecule has 0 saturated heterocycles. The van der Waals surface area contributed by atoms with Crippen molar-refractivity contribution in [2.75, 3.05) is 31.1 Å². The number of hydrogen-bond donors (Lipinski definition) is 0. The zero-order valence-electron chi connectivity index (χ0n) is 16.2. The molecule has 0 amide bonds. The van der Waals surface area contributed by atoms with Crippen LogP contribution in [0.1, 0.15) is 19.9 Å². The molecule has 0 N–H and O–H groups in total. The van der Waals surface area contributed by atoms with E-state index >= 15 is 0 Å². The van der Waals surface area contributed by atoms with Gasteiger partial charge in [0.1, 0.15) is 6.73 Å². The van der Waals surface area contributed by atoms with E-state index in [-0.39, 0.29) is 0 Å². The van der Waals surface area contributed by atoms with Crippen LogP contribution in [0.5, 0.6) is 0 Å². The first-order valence-corrected chi connectivity index (χ1v) is 12.6. The Morgan fingerprint density at radius 3 is 2.65 bits per heavy atom. The van der Waals surface area contributed by atoms with Gasteiger partial charge in [0.15, 0.2) is 0 Å². The van der Waals surface area contributed by atoms with Gasteiger partial charge in [-0.2, -0.15) is 5.10 Å². The summed E-state index contributed by atoms with van der Waals surface area (Å²) < 4.78 is 11.1. The summed E-state index contributed by atoms with van der Waals surface area (Å²) in [6.07, 6.45) is 13.2. The quantitative estimate of drug-likeness (QED) is 0.455. The Morgan fingerprint density at radius 2 is 1.96 bits per heavy atom. The van der Waals surface area contributed by atoms with Gasteiger partial charge in [-0.3, -0.25) is 0 Å². The smallest absolute Gasteiger partial charge is 0.139 e. The van der Waals surface area contributed by atoms with Crippen LogP contribution in [0.15, 0.2) is 41.3 Å². The lowest BCUT2D eigenvalue weighted by molar-refractivity contribution is 0.0809. The summed E-state index contributed by atoms with van der Waals surface area (Å²) in [5.41, 5.74) is 3.58. The van der Waals surface area contributed by atoms with Gasteiger partial charge in [0, 0.05) is 50.7 Å². The molecule has 0 aliphatic carbocycles. The van der Waals surface area contributed by atoms with Crippen LogP contribution in [0, 0.1) is 0 Å². The van der Waals surface area contributed by atoms with E-state index in [1.165, 1.54) is 16.5 Å². The summed E-state index contributed by atoms with van der Waals surface area (Å²) in [4.78, 5) is 0. The first-order chi connectivity index (χ1) is 12.2. The topological polar surface area (TPSA) is 32.0 Å². The number of hydrogen-bond acceptors (Lipinski definition) is 2. The van der Waals surface area contributed by atoms with Crippen molar-refractivity contribution in [3.8, 4) is 11.1 Å². The highest BCUT2D eigenvalue weighted by atomic mass is 79.9. The predicted octanol–water partition coefficient (Wildman–Crippen LogP) is 5.52. The molecule has 0 aliphatic rings. The molecule has 2 aromatic heterocycles. The first-order valence-electron chi connectivity index (χ1n) is 8.81. The van der Waals surface area contributed by atoms with Crippen LogP contribution in [0.25, 0.3) is 22.0 Å². The third-order valence-corrected chi connectivity index (χ3v) is 6.24. The molecule has 2 heterocycles. The Bertz CT molecular complexity index is 892. The Balaban J connectivity index is 1.82. The Morgan fingerprint density at radius 1 is 1.19 bits per heavy atom. The van der Waals surface area contributed by atoms with Gasteiger partial charge in [0.05, 0.1) is 12.8 Å². The van der Waals surface area contributed by atoms with E-state index in [0.29, 0.717) is 12.8 Å². The maximum absolute atomic E-state index is 5.80. The molecule has 0 spiro atoms. The van der Waals surface area contributed by atoms with Gasteiger partial charge in [0.2, 0.25) is 0 Å². The van der Waals surface area contributed by atoms with Crippen molar-refractivity contribution in [3.05, 3.63) is 41.3 Å². The molecule has 26 heavy (non-hydrogen) atoms. The maximum atomic E-state index is 5.80. The van der Waals surface area contributed by atoms with Gasteiger partial charge in [-0.1, -0.05) is 15.9 Å². The molecule has 142 valence electrons. The molecule has 3 aromatic rings. The zero-order valence-corrected chi connectivity index (χ0v) is 18.6. The molecule has 0 aliphatic heterocycles. The van der Waals surface area contributed by atoms with Gasteiger partial charge in [-0.15, -0.1) is 0 Å². The van der Waals surface area contributed by atoms with Crippen molar-refractivity contribution in [1.82, 2.24) is 14.3 Å². The van der Waals surface area contributed by atoms with E-state index in [4.69, 9.17) is 4.74 Å². The lowest BCUT2D eigenvalue weighted by atomic mass is 10.1. The first kappa shape index (κ1) is 19.5. The van der Waals surface area contributed by atoms with Crippen LogP contribution >= 0.6 is 26.0 Å². The van der Waals surface area contributed by atoms with Crippen LogP contribution in [-0.2, 0) is 11.5 Å². The summed E-state index contributed by atoms with van der Waals surface area (Å²) in [5, 5.41) is 5.73. The molecular weight excluding hydrogens is 410 g/mol. The van der Waals surface area contributed by atoms with Gasteiger partial charge in [-0.05, 0) is 50.8 Å². The van der Waals surface area contributed by atoms with Crippen LogP contribution in [0.2, 0.25) is 0 Å². The summed E-state index contributed by atoms with van der Waals surface area (Å²) in [7, 11) is -0.512. The van der Waals surface area contributed by atoms with Crippen LogP contribution < -0.4 is 0 Å². The van der Waals surface area contributed by atoms with Crippen molar-refractivity contribution in [3.63, 3.8) is 0 Å². The van der Waals surface area contributed by atoms with E-state index < -0.39 is 10.0 Å². The number of rotatable bonds is 7. The second-order valence-electron chi connectivity index (χ2n) is 7.81. The molecule has 0 fully saturated rings. The average Bonchev–Trinajstić information content (AvgIpc) is 3.14. The molecular formula is C20H28BrN3OS. The second kappa shape index (κ2) is 7.79. The summed E-state index contributed by atoms with van der Waals surface area (Å²) >= 11 is 3.60. The summed E-state index contributed by atoms with van der Waals surface area (Å²) in [6.45, 7) is 5.70. The Kier molecular flexibility index (Phi) is 5.85. The van der Waals surface area contributed by atoms with Gasteiger partial charge < -0.3 is 9.30 Å². The van der Waals surface area contributed by atoms with E-state index in [2.05, 4.69) is 88.8 Å². The number of ether oxygens (including phenoxy) is 1. The molecule has 0 saturated carbocycles. The number of halogens is 1. The standard InChI is InChI=1S/C20H28BrN3OS/c1-15(2)24-13-19(18-10-17(21)6-7-20(18)24)16-11-22-23(12-16)14-25-8-9-26(3,4)5/h6-7,10-13,15H,8-9,14H2,1-5H3. The second-order valence-corrected chi connectivity index (χ2v) is 13.3. The molecule has 6 heteroatoms. The van der Waals surface area contributed by atoms with Gasteiger partial charge >= 0.3 is 0 Å². The van der Waals surface area contributed by atoms with Crippen molar-refractivity contribution in [2.24, 2.45) is 0 Å². The number of fused-ring (bicyclic) bond motifs is 1. The van der Waals surface area contributed by atoms with E-state index in [1.807, 2.05) is 10.9 Å². The molecule has 1 aromatic carbocycles. The fraction of sp³-hybridized carbons (Fsp3) is 0.450. The average molecular weight is 438 g/mol. The molecule has 0 unspecified atom stereocenters. The summed E-state index contributed by atoms with van der Waals surface area (Å²) in [5.74, 6) is 1.12. The monoisotopic (exact) mass is 437 g/mol. The third-order valence-electron chi connectivity index (χ3n) is 4.36. The molecule has 0 bridgehead atoms. The lowest BCUT2D eigenvalue weighted by Crippen LogP contribution is -2.10. The summed E-state index contributed by atoms with van der Waals surface area (Å²) in [6, 6.07) is 6.86. The van der Waals surface area contributed by atoms with Crippen LogP contribution in [0.3, 0.4) is 0 Å². The molecule has 0 atom stereocenters. The highest BCUT2D eigenvalue weighted by Crippen LogP contribution is 2.35. The highest BCUT2D eigenvalue weighted by Gasteiger charge is 2.14. The van der Waals surface area contributed by atoms with Gasteiger partial charge in [-0.25, -0.2) is 14.7 Å². The molecule has 4 nitrogen and oxygen atoms in total. The molecule has 0 radical (unpaired) electrons. The van der Waals surface area contributed by atoms with E-state index in [9.17, 15) is 0 Å². The lowest BCUT2D eigenvalue weighted by Gasteiger charge is -2.24. The largest absolute Gasteiger partial charge is 0.358 e. The highest BCUT2D eigenvalue weighted by molar-refractivity contribution is 9.10. The number of nitrogens with zero attached hydrogens (tertiary/aromatic N) is 3. The van der Waals surface area contributed by atoms with Crippen molar-refractivity contribution in [2.45, 2.75) is 26.6 Å². The predicted molar refractivity (Wildman–Crippen MR) is 117 cm³/mol. The SMILES string of the molecule is CC(C)n1cc(-c2cnn(COCCS(C)(C)C)c2)c2cc(Br)ccc21. The van der Waals surface area contributed by atoms with Crippen molar-refractivity contribution >= 4 is 36.9 Å². The molecule has 3 rings (SSSR count). The van der Waals surface area contributed by atoms with Crippen molar-refractivity contribution in [1.29, 1.82) is 0 Å². The zero-order chi connectivity index (χ0) is 18.9.